The van der Waals surface area contributed by atoms with Crippen LogP contribution >= 0.6 is 0 Å². The molecular formula is C19H17F3N2O2. The molecule has 1 amide bonds. The highest BCUT2D eigenvalue weighted by atomic mass is 19.4. The van der Waals surface area contributed by atoms with Crippen molar-refractivity contribution >= 4 is 11.7 Å². The summed E-state index contributed by atoms with van der Waals surface area (Å²) in [6.45, 7) is 0.706. The number of halogens is 3. The number of aryl methyl sites for hydroxylation is 1. The van der Waals surface area contributed by atoms with Gasteiger partial charge in [-0.25, -0.2) is 4.98 Å². The van der Waals surface area contributed by atoms with Gasteiger partial charge in [0.25, 0.3) is 0 Å². The Morgan fingerprint density at radius 2 is 2.00 bits per heavy atom. The second kappa shape index (κ2) is 6.00. The van der Waals surface area contributed by atoms with E-state index in [1.165, 1.54) is 6.07 Å². The van der Waals surface area contributed by atoms with E-state index in [0.29, 0.717) is 19.4 Å². The molecule has 26 heavy (non-hydrogen) atoms. The summed E-state index contributed by atoms with van der Waals surface area (Å²) in [5.74, 6) is 0.748. The fourth-order valence-corrected chi connectivity index (χ4v) is 3.30. The first-order chi connectivity index (χ1) is 12.4. The lowest BCUT2D eigenvalue weighted by Crippen LogP contribution is -2.28. The number of hydrogen-bond donors (Lipinski definition) is 1. The average Bonchev–Trinajstić information content (AvgIpc) is 3.43. The summed E-state index contributed by atoms with van der Waals surface area (Å²) in [5, 5.41) is 2.65. The fourth-order valence-electron chi connectivity index (χ4n) is 3.30. The molecule has 0 spiro atoms. The first-order valence-corrected chi connectivity index (χ1v) is 8.49. The highest BCUT2D eigenvalue weighted by Crippen LogP contribution is 2.50. The van der Waals surface area contributed by atoms with E-state index < -0.39 is 17.2 Å². The van der Waals surface area contributed by atoms with Crippen molar-refractivity contribution in [1.82, 2.24) is 4.98 Å². The minimum absolute atomic E-state index is 0.121. The van der Waals surface area contributed by atoms with Crippen LogP contribution < -0.4 is 10.1 Å². The van der Waals surface area contributed by atoms with Gasteiger partial charge in [-0.3, -0.25) is 4.79 Å². The Morgan fingerprint density at radius 1 is 1.19 bits per heavy atom. The number of ether oxygens (including phenoxy) is 1. The van der Waals surface area contributed by atoms with Crippen molar-refractivity contribution in [2.45, 2.75) is 37.3 Å². The van der Waals surface area contributed by atoms with Crippen LogP contribution in [0.5, 0.6) is 5.75 Å². The molecule has 1 N–H and O–H groups in total. The Morgan fingerprint density at radius 3 is 2.65 bits per heavy atom. The molecule has 7 heteroatoms. The van der Waals surface area contributed by atoms with Crippen LogP contribution in [0.1, 0.15) is 36.0 Å². The van der Waals surface area contributed by atoms with Crippen LogP contribution in [0.15, 0.2) is 36.5 Å². The van der Waals surface area contributed by atoms with Gasteiger partial charge in [0.05, 0.1) is 17.6 Å². The molecule has 1 aliphatic carbocycles. The molecule has 136 valence electrons. The molecule has 2 aromatic rings. The molecular weight excluding hydrogens is 345 g/mol. The van der Waals surface area contributed by atoms with Gasteiger partial charge in [0.2, 0.25) is 5.91 Å². The average molecular weight is 362 g/mol. The summed E-state index contributed by atoms with van der Waals surface area (Å²) < 4.78 is 43.4. The summed E-state index contributed by atoms with van der Waals surface area (Å²) in [5.41, 5.74) is 0.551. The molecule has 0 bridgehead atoms. The Kier molecular flexibility index (Phi) is 3.89. The third-order valence-electron chi connectivity index (χ3n) is 4.98. The normalized spacial score (nSPS) is 17.8. The monoisotopic (exact) mass is 362 g/mol. The largest absolute Gasteiger partial charge is 0.493 e. The predicted molar refractivity (Wildman–Crippen MR) is 89.0 cm³/mol. The van der Waals surface area contributed by atoms with Gasteiger partial charge in [0.1, 0.15) is 11.6 Å². The van der Waals surface area contributed by atoms with Gasteiger partial charge in [0, 0.05) is 6.20 Å². The van der Waals surface area contributed by atoms with E-state index in [-0.39, 0.29) is 11.7 Å². The Balaban J connectivity index is 1.53. The smallest absolute Gasteiger partial charge is 0.417 e. The van der Waals surface area contributed by atoms with Gasteiger partial charge in [0.15, 0.2) is 0 Å². The van der Waals surface area contributed by atoms with E-state index in [9.17, 15) is 18.0 Å². The number of anilines is 1. The molecule has 2 heterocycles. The molecule has 0 saturated heterocycles. The molecule has 0 radical (unpaired) electrons. The van der Waals surface area contributed by atoms with Crippen LogP contribution in [-0.2, 0) is 22.8 Å². The first kappa shape index (κ1) is 16.9. The topological polar surface area (TPSA) is 51.2 Å². The predicted octanol–water partition coefficient (Wildman–Crippen LogP) is 4.10. The maximum Gasteiger partial charge on any atom is 0.417 e. The quantitative estimate of drug-likeness (QED) is 0.895. The van der Waals surface area contributed by atoms with Crippen molar-refractivity contribution in [2.75, 3.05) is 11.9 Å². The summed E-state index contributed by atoms with van der Waals surface area (Å²) in [6, 6.07) is 7.90. The maximum absolute atomic E-state index is 12.7. The zero-order chi connectivity index (χ0) is 18.4. The lowest BCUT2D eigenvalue weighted by Gasteiger charge is -2.21. The lowest BCUT2D eigenvalue weighted by atomic mass is 9.91. The number of pyridine rings is 1. The zero-order valence-corrected chi connectivity index (χ0v) is 13.9. The molecule has 1 aliphatic heterocycles. The maximum atomic E-state index is 12.7. The van der Waals surface area contributed by atoms with Crippen molar-refractivity contribution in [3.8, 4) is 5.75 Å². The number of hydrogen-bond acceptors (Lipinski definition) is 3. The van der Waals surface area contributed by atoms with Crippen LogP contribution in [0.25, 0.3) is 0 Å². The van der Waals surface area contributed by atoms with Crippen LogP contribution in [0.2, 0.25) is 0 Å². The number of carbonyl (C=O) groups is 1. The van der Waals surface area contributed by atoms with Gasteiger partial charge in [-0.1, -0.05) is 12.1 Å². The number of benzene rings is 1. The molecule has 1 aromatic heterocycles. The number of nitrogens with one attached hydrogen (secondary N) is 1. The highest BCUT2D eigenvalue weighted by Gasteiger charge is 2.51. The number of alkyl halides is 3. The Labute approximate surface area is 148 Å². The van der Waals surface area contributed by atoms with Crippen molar-refractivity contribution in [3.63, 3.8) is 0 Å². The lowest BCUT2D eigenvalue weighted by molar-refractivity contribution is -0.137. The molecule has 4 rings (SSSR count). The number of rotatable bonds is 3. The van der Waals surface area contributed by atoms with Crippen LogP contribution in [0, 0.1) is 0 Å². The third kappa shape index (κ3) is 3.02. The zero-order valence-electron chi connectivity index (χ0n) is 13.9. The number of fused-ring (bicyclic) bond motifs is 1. The molecule has 2 aliphatic rings. The van der Waals surface area contributed by atoms with E-state index in [0.717, 1.165) is 42.0 Å². The summed E-state index contributed by atoms with van der Waals surface area (Å²) in [4.78, 5) is 16.5. The number of aromatic nitrogens is 1. The highest BCUT2D eigenvalue weighted by molar-refractivity contribution is 6.00. The minimum atomic E-state index is -4.45. The van der Waals surface area contributed by atoms with Crippen LogP contribution in [-0.4, -0.2) is 17.5 Å². The number of nitrogens with zero attached hydrogens (tertiary/aromatic N) is 1. The van der Waals surface area contributed by atoms with Crippen LogP contribution in [0.4, 0.5) is 19.0 Å². The van der Waals surface area contributed by atoms with Crippen molar-refractivity contribution in [3.05, 3.63) is 53.2 Å². The third-order valence-corrected chi connectivity index (χ3v) is 4.98. The summed E-state index contributed by atoms with van der Waals surface area (Å²) >= 11 is 0. The van der Waals surface area contributed by atoms with Gasteiger partial charge in [-0.05, 0) is 55.0 Å². The Bertz CT molecular complexity index is 843. The Hall–Kier alpha value is -2.57. The second-order valence-corrected chi connectivity index (χ2v) is 6.74. The van der Waals surface area contributed by atoms with Gasteiger partial charge in [-0.2, -0.15) is 13.2 Å². The van der Waals surface area contributed by atoms with E-state index in [1.54, 1.807) is 0 Å². The van der Waals surface area contributed by atoms with Crippen molar-refractivity contribution in [1.29, 1.82) is 0 Å². The van der Waals surface area contributed by atoms with E-state index in [4.69, 9.17) is 4.74 Å². The minimum Gasteiger partial charge on any atom is -0.493 e. The summed E-state index contributed by atoms with van der Waals surface area (Å²) in [6.07, 6.45) is -0.436. The van der Waals surface area contributed by atoms with Crippen molar-refractivity contribution < 1.29 is 22.7 Å². The molecule has 4 nitrogen and oxygen atoms in total. The van der Waals surface area contributed by atoms with E-state index >= 15 is 0 Å². The molecule has 0 unspecified atom stereocenters. The van der Waals surface area contributed by atoms with Crippen molar-refractivity contribution in [2.24, 2.45) is 0 Å². The van der Waals surface area contributed by atoms with Crippen LogP contribution in [0.3, 0.4) is 0 Å². The molecule has 0 atom stereocenters. The van der Waals surface area contributed by atoms with E-state index in [1.807, 2.05) is 18.2 Å². The standard InChI is InChI=1S/C19H17F3N2O2/c20-19(21,22)14-4-6-16(23-11-14)24-17(25)18(7-8-18)13-3-5-15-12(10-13)2-1-9-26-15/h3-6,10-11H,1-2,7-9H2,(H,23,24,25). The molecule has 1 saturated carbocycles. The van der Waals surface area contributed by atoms with Gasteiger partial charge >= 0.3 is 6.18 Å². The summed E-state index contributed by atoms with van der Waals surface area (Å²) in [7, 11) is 0. The fraction of sp³-hybridized carbons (Fsp3) is 0.368. The van der Waals surface area contributed by atoms with E-state index in [2.05, 4.69) is 10.3 Å². The number of carbonyl (C=O) groups excluding carboxylic acids is 1. The van der Waals surface area contributed by atoms with Gasteiger partial charge in [-0.15, -0.1) is 0 Å². The molecule has 1 aromatic carbocycles. The number of amides is 1. The van der Waals surface area contributed by atoms with Gasteiger partial charge < -0.3 is 10.1 Å². The molecule has 1 fully saturated rings. The SMILES string of the molecule is O=C(Nc1ccc(C(F)(F)F)cn1)C1(c2ccc3c(c2)CCCO3)CC1. The second-order valence-electron chi connectivity index (χ2n) is 6.74. The first-order valence-electron chi connectivity index (χ1n) is 8.49.